The van der Waals surface area contributed by atoms with Crippen molar-refractivity contribution in [2.24, 2.45) is 11.8 Å². The van der Waals surface area contributed by atoms with Gasteiger partial charge in [0.05, 0.1) is 0 Å². The van der Waals surface area contributed by atoms with Gasteiger partial charge in [-0.15, -0.1) is 0 Å². The lowest BCUT2D eigenvalue weighted by molar-refractivity contribution is 0.0644. The van der Waals surface area contributed by atoms with E-state index in [0.29, 0.717) is 5.54 Å². The third kappa shape index (κ3) is 3.71. The molecular weight excluding hydrogens is 220 g/mol. The van der Waals surface area contributed by atoms with Crippen molar-refractivity contribution in [2.75, 3.05) is 19.6 Å². The third-order valence-corrected chi connectivity index (χ3v) is 4.93. The Hall–Kier alpha value is -0.0800. The van der Waals surface area contributed by atoms with E-state index in [-0.39, 0.29) is 0 Å². The standard InChI is InChI=1S/C16H32N2/c1-13(2)15-11-17-16(3,4)12-18(15)10-9-14-7-5-6-8-14/h13-15,17H,5-12H2,1-4H3. The number of piperazine rings is 1. The molecule has 0 spiro atoms. The average molecular weight is 252 g/mol. The van der Waals surface area contributed by atoms with Crippen LogP contribution in [0.1, 0.15) is 59.8 Å². The molecule has 0 aromatic heterocycles. The second kappa shape index (κ2) is 5.92. The highest BCUT2D eigenvalue weighted by Crippen LogP contribution is 2.29. The highest BCUT2D eigenvalue weighted by molar-refractivity contribution is 4.93. The van der Waals surface area contributed by atoms with E-state index in [1.54, 1.807) is 0 Å². The van der Waals surface area contributed by atoms with Crippen LogP contribution < -0.4 is 5.32 Å². The number of rotatable bonds is 4. The van der Waals surface area contributed by atoms with Gasteiger partial charge in [-0.05, 0) is 38.6 Å². The summed E-state index contributed by atoms with van der Waals surface area (Å²) in [6.45, 7) is 13.1. The van der Waals surface area contributed by atoms with Gasteiger partial charge < -0.3 is 5.32 Å². The highest BCUT2D eigenvalue weighted by atomic mass is 15.2. The summed E-state index contributed by atoms with van der Waals surface area (Å²) in [5.74, 6) is 1.79. The molecule has 1 unspecified atom stereocenters. The first-order valence-electron chi connectivity index (χ1n) is 7.97. The summed E-state index contributed by atoms with van der Waals surface area (Å²) in [6, 6.07) is 0.736. The van der Waals surface area contributed by atoms with Crippen molar-refractivity contribution in [3.05, 3.63) is 0 Å². The van der Waals surface area contributed by atoms with Gasteiger partial charge in [-0.3, -0.25) is 4.90 Å². The first-order valence-corrected chi connectivity index (χ1v) is 7.97. The molecule has 0 bridgehead atoms. The summed E-state index contributed by atoms with van der Waals surface area (Å²) in [5.41, 5.74) is 0.293. The smallest absolute Gasteiger partial charge is 0.0252 e. The maximum atomic E-state index is 3.71. The summed E-state index contributed by atoms with van der Waals surface area (Å²) in [6.07, 6.45) is 7.36. The predicted octanol–water partition coefficient (Wildman–Crippen LogP) is 3.28. The zero-order valence-corrected chi connectivity index (χ0v) is 12.8. The normalized spacial score (nSPS) is 30.2. The van der Waals surface area contributed by atoms with Crippen molar-refractivity contribution in [1.29, 1.82) is 0 Å². The van der Waals surface area contributed by atoms with E-state index in [9.17, 15) is 0 Å². The zero-order chi connectivity index (χ0) is 13.2. The van der Waals surface area contributed by atoms with Crippen LogP contribution in [0.4, 0.5) is 0 Å². The molecule has 2 rings (SSSR count). The lowest BCUT2D eigenvalue weighted by Gasteiger charge is -2.46. The topological polar surface area (TPSA) is 15.3 Å². The largest absolute Gasteiger partial charge is 0.309 e. The Labute approximate surface area is 114 Å². The summed E-state index contributed by atoms with van der Waals surface area (Å²) < 4.78 is 0. The van der Waals surface area contributed by atoms with Crippen molar-refractivity contribution < 1.29 is 0 Å². The molecule has 1 atom stereocenters. The molecule has 0 radical (unpaired) electrons. The molecule has 0 aromatic carbocycles. The van der Waals surface area contributed by atoms with Gasteiger partial charge in [-0.25, -0.2) is 0 Å². The first kappa shape index (κ1) is 14.3. The molecule has 0 amide bonds. The van der Waals surface area contributed by atoms with Gasteiger partial charge in [0.15, 0.2) is 0 Å². The van der Waals surface area contributed by atoms with Gasteiger partial charge >= 0.3 is 0 Å². The van der Waals surface area contributed by atoms with Crippen LogP contribution in [-0.4, -0.2) is 36.1 Å². The van der Waals surface area contributed by atoms with Gasteiger partial charge in [0.1, 0.15) is 0 Å². The molecule has 1 aliphatic heterocycles. The minimum Gasteiger partial charge on any atom is -0.309 e. The van der Waals surface area contributed by atoms with Crippen molar-refractivity contribution in [3.63, 3.8) is 0 Å². The third-order valence-electron chi connectivity index (χ3n) is 4.93. The quantitative estimate of drug-likeness (QED) is 0.826. The molecule has 1 N–H and O–H groups in total. The summed E-state index contributed by atoms with van der Waals surface area (Å²) in [7, 11) is 0. The molecule has 18 heavy (non-hydrogen) atoms. The van der Waals surface area contributed by atoms with Gasteiger partial charge in [-0.2, -0.15) is 0 Å². The fraction of sp³-hybridized carbons (Fsp3) is 1.00. The fourth-order valence-corrected chi connectivity index (χ4v) is 3.74. The molecule has 2 heteroatoms. The van der Waals surface area contributed by atoms with Gasteiger partial charge in [0.25, 0.3) is 0 Å². The van der Waals surface area contributed by atoms with Crippen molar-refractivity contribution >= 4 is 0 Å². The molecule has 2 fully saturated rings. The van der Waals surface area contributed by atoms with E-state index in [1.165, 1.54) is 45.2 Å². The van der Waals surface area contributed by atoms with Crippen LogP contribution in [0.5, 0.6) is 0 Å². The fourth-order valence-electron chi connectivity index (χ4n) is 3.74. The molecule has 1 aliphatic carbocycles. The van der Waals surface area contributed by atoms with Gasteiger partial charge in [-0.1, -0.05) is 39.5 Å². The van der Waals surface area contributed by atoms with E-state index in [1.807, 2.05) is 0 Å². The van der Waals surface area contributed by atoms with Crippen LogP contribution in [0.15, 0.2) is 0 Å². The Morgan fingerprint density at radius 2 is 1.89 bits per heavy atom. The Morgan fingerprint density at radius 1 is 1.22 bits per heavy atom. The number of nitrogens with one attached hydrogen (secondary N) is 1. The zero-order valence-electron chi connectivity index (χ0n) is 12.8. The Kier molecular flexibility index (Phi) is 4.71. The van der Waals surface area contributed by atoms with Crippen LogP contribution in [-0.2, 0) is 0 Å². The predicted molar refractivity (Wildman–Crippen MR) is 78.9 cm³/mol. The second-order valence-electron chi connectivity index (χ2n) is 7.49. The van der Waals surface area contributed by atoms with Crippen molar-refractivity contribution in [2.45, 2.75) is 71.4 Å². The molecular formula is C16H32N2. The maximum absolute atomic E-state index is 3.71. The van der Waals surface area contributed by atoms with E-state index in [2.05, 4.69) is 37.9 Å². The molecule has 0 aromatic rings. The van der Waals surface area contributed by atoms with Crippen LogP contribution >= 0.6 is 0 Å². The van der Waals surface area contributed by atoms with E-state index >= 15 is 0 Å². The molecule has 2 nitrogen and oxygen atoms in total. The molecule has 1 saturated carbocycles. The first-order chi connectivity index (χ1) is 8.48. The lowest BCUT2D eigenvalue weighted by Crippen LogP contribution is -2.63. The minimum absolute atomic E-state index is 0.293. The average Bonchev–Trinajstić information content (AvgIpc) is 2.77. The summed E-state index contributed by atoms with van der Waals surface area (Å²) in [4.78, 5) is 2.76. The molecule has 106 valence electrons. The number of hydrogen-bond acceptors (Lipinski definition) is 2. The van der Waals surface area contributed by atoms with E-state index in [4.69, 9.17) is 0 Å². The molecule has 1 heterocycles. The monoisotopic (exact) mass is 252 g/mol. The minimum atomic E-state index is 0.293. The number of hydrogen-bond donors (Lipinski definition) is 1. The lowest BCUT2D eigenvalue weighted by atomic mass is 9.92. The van der Waals surface area contributed by atoms with Crippen LogP contribution in [0.25, 0.3) is 0 Å². The Balaban J connectivity index is 1.87. The van der Waals surface area contributed by atoms with Gasteiger partial charge in [0.2, 0.25) is 0 Å². The van der Waals surface area contributed by atoms with E-state index in [0.717, 1.165) is 24.4 Å². The second-order valence-corrected chi connectivity index (χ2v) is 7.49. The molecule has 1 saturated heterocycles. The maximum Gasteiger partial charge on any atom is 0.0252 e. The Bertz CT molecular complexity index is 254. The summed E-state index contributed by atoms with van der Waals surface area (Å²) >= 11 is 0. The van der Waals surface area contributed by atoms with Crippen LogP contribution in [0.2, 0.25) is 0 Å². The number of nitrogens with zero attached hydrogens (tertiary/aromatic N) is 1. The van der Waals surface area contributed by atoms with Crippen molar-refractivity contribution in [3.8, 4) is 0 Å². The Morgan fingerprint density at radius 3 is 2.50 bits per heavy atom. The molecule has 2 aliphatic rings. The summed E-state index contributed by atoms with van der Waals surface area (Å²) in [5, 5.41) is 3.71. The van der Waals surface area contributed by atoms with Gasteiger partial charge in [0, 0.05) is 24.7 Å². The van der Waals surface area contributed by atoms with Crippen LogP contribution in [0, 0.1) is 11.8 Å². The van der Waals surface area contributed by atoms with Crippen LogP contribution in [0.3, 0.4) is 0 Å². The van der Waals surface area contributed by atoms with E-state index < -0.39 is 0 Å². The highest BCUT2D eigenvalue weighted by Gasteiger charge is 2.33. The van der Waals surface area contributed by atoms with Crippen molar-refractivity contribution in [1.82, 2.24) is 10.2 Å². The SMILES string of the molecule is CC(C)C1CNC(C)(C)CN1CCC1CCCC1.